The van der Waals surface area contributed by atoms with Gasteiger partial charge < -0.3 is 10.3 Å². The number of fused-ring (bicyclic) bond motifs is 4. The summed E-state index contributed by atoms with van der Waals surface area (Å²) in [5.74, 6) is 0.582. The summed E-state index contributed by atoms with van der Waals surface area (Å²) >= 11 is 0. The Morgan fingerprint density at radius 2 is 1.74 bits per heavy atom. The molecule has 2 atom stereocenters. The minimum atomic E-state index is -0.281. The molecule has 5 aromatic rings. The zero-order valence-corrected chi connectivity index (χ0v) is 18.3. The molecule has 0 bridgehead atoms. The third kappa shape index (κ3) is 2.78. The number of carbonyl (C=O) groups is 1. The van der Waals surface area contributed by atoms with Gasteiger partial charge in [-0.1, -0.05) is 42.5 Å². The van der Waals surface area contributed by atoms with Crippen molar-refractivity contribution in [2.24, 2.45) is 0 Å². The van der Waals surface area contributed by atoms with Crippen molar-refractivity contribution in [1.29, 1.82) is 0 Å². The highest BCUT2D eigenvalue weighted by atomic mass is 19.1. The van der Waals surface area contributed by atoms with Crippen molar-refractivity contribution in [3.8, 4) is 0 Å². The van der Waals surface area contributed by atoms with Gasteiger partial charge in [0, 0.05) is 40.4 Å². The van der Waals surface area contributed by atoms with Crippen LogP contribution in [0.3, 0.4) is 0 Å². The highest BCUT2D eigenvalue weighted by Gasteiger charge is 2.40. The van der Waals surface area contributed by atoms with Crippen LogP contribution < -0.4 is 5.32 Å². The Balaban J connectivity index is 1.44. The van der Waals surface area contributed by atoms with Crippen molar-refractivity contribution in [1.82, 2.24) is 14.5 Å². The maximum absolute atomic E-state index is 13.8. The van der Waals surface area contributed by atoms with E-state index in [1.54, 1.807) is 12.1 Å². The van der Waals surface area contributed by atoms with Crippen molar-refractivity contribution < 1.29 is 9.18 Å². The number of hydrogen-bond acceptors (Lipinski definition) is 3. The lowest BCUT2D eigenvalue weighted by molar-refractivity contribution is -0.116. The summed E-state index contributed by atoms with van der Waals surface area (Å²) in [5.41, 5.74) is 6.64. The van der Waals surface area contributed by atoms with Gasteiger partial charge in [0.1, 0.15) is 5.82 Å². The highest BCUT2D eigenvalue weighted by molar-refractivity contribution is 6.02. The van der Waals surface area contributed by atoms with Crippen molar-refractivity contribution in [3.05, 3.63) is 107 Å². The lowest BCUT2D eigenvalue weighted by atomic mass is 9.77. The quantitative estimate of drug-likeness (QED) is 0.344. The van der Waals surface area contributed by atoms with Gasteiger partial charge >= 0.3 is 0 Å². The van der Waals surface area contributed by atoms with Gasteiger partial charge in [-0.3, -0.25) is 9.36 Å². The van der Waals surface area contributed by atoms with Gasteiger partial charge in [-0.2, -0.15) is 0 Å². The van der Waals surface area contributed by atoms with E-state index < -0.39 is 0 Å². The number of rotatable bonds is 2. The largest absolute Gasteiger partial charge is 0.361 e. The number of allylic oxidation sites excluding steroid dienone is 2. The van der Waals surface area contributed by atoms with Crippen LogP contribution in [0, 0.1) is 5.82 Å². The molecule has 0 spiro atoms. The molecule has 2 aliphatic rings. The molecule has 0 saturated heterocycles. The van der Waals surface area contributed by atoms with Gasteiger partial charge in [-0.25, -0.2) is 9.37 Å². The number of para-hydroxylation sites is 3. The zero-order valence-electron chi connectivity index (χ0n) is 18.3. The van der Waals surface area contributed by atoms with Gasteiger partial charge in [-0.05, 0) is 48.2 Å². The third-order valence-corrected chi connectivity index (χ3v) is 7.16. The number of imidazole rings is 1. The number of anilines is 1. The van der Waals surface area contributed by atoms with E-state index in [2.05, 4.69) is 33.1 Å². The van der Waals surface area contributed by atoms with Gasteiger partial charge in [0.15, 0.2) is 5.78 Å². The van der Waals surface area contributed by atoms with Crippen molar-refractivity contribution in [2.75, 3.05) is 5.32 Å². The van der Waals surface area contributed by atoms with Gasteiger partial charge in [-0.15, -0.1) is 0 Å². The normalized spacial score (nSPS) is 19.9. The molecule has 2 aromatic heterocycles. The van der Waals surface area contributed by atoms with E-state index in [-0.39, 0.29) is 23.6 Å². The number of ketones is 1. The molecular weight excluding hydrogens is 427 g/mol. The van der Waals surface area contributed by atoms with Crippen LogP contribution in [0.25, 0.3) is 21.9 Å². The van der Waals surface area contributed by atoms with Crippen LogP contribution in [0.5, 0.6) is 0 Å². The van der Waals surface area contributed by atoms with Crippen LogP contribution in [-0.4, -0.2) is 20.3 Å². The molecule has 0 fully saturated rings. The first-order valence-electron chi connectivity index (χ1n) is 11.5. The molecule has 0 saturated carbocycles. The molecule has 166 valence electrons. The number of nitrogens with zero attached hydrogens (tertiary/aromatic N) is 2. The standard InChI is InChI=1S/C28H21FN4O/c29-18-11-9-16(10-12-18)17-13-23-26(25(34)14-17)27(20-15-30-21-6-2-1-5-19(20)21)33-24-8-4-3-7-22(24)31-28(33)32-23/h1-12,15,17,27,30H,13-14H2,(H,31,32). The molecule has 2 unspecified atom stereocenters. The van der Waals surface area contributed by atoms with Crippen LogP contribution in [0.15, 0.2) is 90.3 Å². The Hall–Kier alpha value is -4.19. The van der Waals surface area contributed by atoms with E-state index in [1.807, 2.05) is 36.5 Å². The molecule has 1 aliphatic carbocycles. The van der Waals surface area contributed by atoms with Crippen molar-refractivity contribution in [3.63, 3.8) is 0 Å². The first kappa shape index (κ1) is 19.3. The summed E-state index contributed by atoms with van der Waals surface area (Å²) < 4.78 is 15.7. The van der Waals surface area contributed by atoms with E-state index in [4.69, 9.17) is 4.98 Å². The number of aromatic nitrogens is 3. The summed E-state index contributed by atoms with van der Waals surface area (Å²) in [5, 5.41) is 4.59. The number of carbonyl (C=O) groups excluding carboxylic acids is 1. The maximum Gasteiger partial charge on any atom is 0.209 e. The second-order valence-corrected chi connectivity index (χ2v) is 9.08. The van der Waals surface area contributed by atoms with Crippen molar-refractivity contribution in [2.45, 2.75) is 24.8 Å². The van der Waals surface area contributed by atoms with Crippen LogP contribution in [0.1, 0.15) is 35.9 Å². The van der Waals surface area contributed by atoms with E-state index in [9.17, 15) is 9.18 Å². The molecule has 0 radical (unpaired) electrons. The predicted octanol–water partition coefficient (Wildman–Crippen LogP) is 6.07. The number of H-pyrrole nitrogens is 1. The Labute approximate surface area is 194 Å². The third-order valence-electron chi connectivity index (χ3n) is 7.16. The minimum Gasteiger partial charge on any atom is -0.361 e. The van der Waals surface area contributed by atoms with E-state index in [0.29, 0.717) is 12.8 Å². The second kappa shape index (κ2) is 7.15. The number of Topliss-reactive ketones (excluding diaryl/α,β-unsaturated/α-hetero) is 1. The Bertz CT molecular complexity index is 1630. The minimum absolute atomic E-state index is 0.00102. The van der Waals surface area contributed by atoms with Gasteiger partial charge in [0.25, 0.3) is 0 Å². The number of benzene rings is 3. The summed E-state index contributed by atoms with van der Waals surface area (Å²) in [7, 11) is 0. The Morgan fingerprint density at radius 3 is 2.62 bits per heavy atom. The van der Waals surface area contributed by atoms with Crippen LogP contribution in [0.2, 0.25) is 0 Å². The SMILES string of the molecule is O=C1CC(c2ccc(F)cc2)CC2=C1C(c1c[nH]c3ccccc13)n1c(nc3ccccc31)N2. The fourth-order valence-electron chi connectivity index (χ4n) is 5.61. The van der Waals surface area contributed by atoms with Crippen LogP contribution in [-0.2, 0) is 4.79 Å². The molecule has 3 aromatic carbocycles. The smallest absolute Gasteiger partial charge is 0.209 e. The average molecular weight is 449 g/mol. The molecule has 1 aliphatic heterocycles. The number of nitrogens with one attached hydrogen (secondary N) is 2. The van der Waals surface area contributed by atoms with E-state index >= 15 is 0 Å². The van der Waals surface area contributed by atoms with E-state index in [1.165, 1.54) is 12.1 Å². The van der Waals surface area contributed by atoms with Gasteiger partial charge in [0.2, 0.25) is 5.95 Å². The van der Waals surface area contributed by atoms with Gasteiger partial charge in [0.05, 0.1) is 17.1 Å². The maximum atomic E-state index is 13.8. The number of halogens is 1. The molecule has 0 amide bonds. The molecule has 7 rings (SSSR count). The summed E-state index contributed by atoms with van der Waals surface area (Å²) in [6.45, 7) is 0. The molecule has 5 nitrogen and oxygen atoms in total. The summed E-state index contributed by atoms with van der Waals surface area (Å²) in [6, 6.07) is 22.4. The first-order valence-corrected chi connectivity index (χ1v) is 11.5. The molecule has 2 N–H and O–H groups in total. The monoisotopic (exact) mass is 448 g/mol. The summed E-state index contributed by atoms with van der Waals surface area (Å²) in [4.78, 5) is 22.0. The number of aromatic amines is 1. The summed E-state index contributed by atoms with van der Waals surface area (Å²) in [6.07, 6.45) is 3.09. The Morgan fingerprint density at radius 1 is 0.941 bits per heavy atom. The van der Waals surface area contributed by atoms with Crippen molar-refractivity contribution >= 4 is 33.7 Å². The lowest BCUT2D eigenvalue weighted by Crippen LogP contribution is -2.33. The molecular formula is C28H21FN4O. The molecule has 6 heteroatoms. The lowest BCUT2D eigenvalue weighted by Gasteiger charge is -2.36. The topological polar surface area (TPSA) is 62.7 Å². The fourth-order valence-corrected chi connectivity index (χ4v) is 5.61. The van der Waals surface area contributed by atoms with Crippen LogP contribution in [0.4, 0.5) is 10.3 Å². The fraction of sp³-hybridized carbons (Fsp3) is 0.143. The number of hydrogen-bond donors (Lipinski definition) is 2. The molecule has 3 heterocycles. The van der Waals surface area contributed by atoms with Crippen LogP contribution >= 0.6 is 0 Å². The average Bonchev–Trinajstić information content (AvgIpc) is 3.44. The van der Waals surface area contributed by atoms with E-state index in [0.717, 1.165) is 50.3 Å². The first-order chi connectivity index (χ1) is 16.7. The highest BCUT2D eigenvalue weighted by Crippen LogP contribution is 2.47. The predicted molar refractivity (Wildman–Crippen MR) is 130 cm³/mol. The Kier molecular flexibility index (Phi) is 4.06. The zero-order chi connectivity index (χ0) is 22.8. The molecule has 34 heavy (non-hydrogen) atoms. The second-order valence-electron chi connectivity index (χ2n) is 9.08.